The van der Waals surface area contributed by atoms with Crippen LogP contribution >= 0.6 is 11.6 Å². The van der Waals surface area contributed by atoms with Crippen molar-refractivity contribution in [3.05, 3.63) is 28.3 Å². The second kappa shape index (κ2) is 3.78. The van der Waals surface area contributed by atoms with E-state index in [9.17, 15) is 5.11 Å². The van der Waals surface area contributed by atoms with Crippen LogP contribution in [0, 0.1) is 6.92 Å². The molecule has 2 nitrogen and oxygen atoms in total. The second-order valence-electron chi connectivity index (χ2n) is 2.78. The van der Waals surface area contributed by atoms with Gasteiger partial charge in [-0.1, -0.05) is 17.7 Å². The van der Waals surface area contributed by atoms with Crippen LogP contribution in [0.4, 0.5) is 0 Å². The maximum absolute atomic E-state index is 9.33. The molecule has 0 unspecified atom stereocenters. The fourth-order valence-electron chi connectivity index (χ4n) is 1.14. The van der Waals surface area contributed by atoms with Crippen LogP contribution in [-0.2, 0) is 6.42 Å². The van der Waals surface area contributed by atoms with Crippen molar-refractivity contribution in [3.8, 4) is 5.75 Å². The Hall–Kier alpha value is -0.730. The summed E-state index contributed by atoms with van der Waals surface area (Å²) in [7, 11) is 0. The number of rotatable bonds is 2. The summed E-state index contributed by atoms with van der Waals surface area (Å²) in [6.07, 6.45) is 0.769. The molecule has 0 aliphatic carbocycles. The topological polar surface area (TPSA) is 46.2 Å². The molecular formula is C9H12ClNO. The fraction of sp³-hybridized carbons (Fsp3) is 0.333. The highest BCUT2D eigenvalue weighted by Gasteiger charge is 2.03. The van der Waals surface area contributed by atoms with Crippen LogP contribution in [0.5, 0.6) is 5.75 Å². The van der Waals surface area contributed by atoms with Crippen LogP contribution in [0.15, 0.2) is 12.1 Å². The molecule has 0 radical (unpaired) electrons. The van der Waals surface area contributed by atoms with Gasteiger partial charge in [-0.2, -0.15) is 0 Å². The molecule has 1 aromatic rings. The van der Waals surface area contributed by atoms with Crippen molar-refractivity contribution in [3.63, 3.8) is 0 Å². The summed E-state index contributed by atoms with van der Waals surface area (Å²) in [5, 5.41) is 9.76. The average molecular weight is 186 g/mol. The Morgan fingerprint density at radius 1 is 1.50 bits per heavy atom. The lowest BCUT2D eigenvalue weighted by Crippen LogP contribution is -2.02. The van der Waals surface area contributed by atoms with E-state index in [4.69, 9.17) is 17.3 Å². The van der Waals surface area contributed by atoms with Crippen molar-refractivity contribution >= 4 is 11.6 Å². The number of aromatic hydroxyl groups is 1. The van der Waals surface area contributed by atoms with Gasteiger partial charge >= 0.3 is 0 Å². The van der Waals surface area contributed by atoms with E-state index in [1.54, 1.807) is 6.07 Å². The molecule has 0 atom stereocenters. The Kier molecular flexibility index (Phi) is 2.95. The van der Waals surface area contributed by atoms with E-state index in [2.05, 4.69) is 0 Å². The molecule has 0 spiro atoms. The van der Waals surface area contributed by atoms with E-state index in [0.717, 1.165) is 17.5 Å². The Labute approximate surface area is 77.0 Å². The zero-order valence-corrected chi connectivity index (χ0v) is 7.73. The van der Waals surface area contributed by atoms with Crippen LogP contribution in [0.2, 0.25) is 5.02 Å². The summed E-state index contributed by atoms with van der Waals surface area (Å²) in [6, 6.07) is 3.59. The van der Waals surface area contributed by atoms with Crippen molar-refractivity contribution in [1.82, 2.24) is 0 Å². The summed E-state index contributed by atoms with van der Waals surface area (Å²) < 4.78 is 0. The third kappa shape index (κ3) is 1.90. The molecule has 0 aliphatic rings. The third-order valence-corrected chi connectivity index (χ3v) is 2.22. The van der Waals surface area contributed by atoms with Crippen LogP contribution < -0.4 is 5.73 Å². The number of aryl methyl sites for hydroxylation is 1. The van der Waals surface area contributed by atoms with Gasteiger partial charge in [0.2, 0.25) is 0 Å². The summed E-state index contributed by atoms with van der Waals surface area (Å²) in [5.41, 5.74) is 7.30. The molecule has 0 aliphatic heterocycles. The zero-order valence-electron chi connectivity index (χ0n) is 6.97. The Bertz CT molecular complexity index is 263. The van der Waals surface area contributed by atoms with Crippen molar-refractivity contribution in [2.45, 2.75) is 13.3 Å². The predicted octanol–water partition coefficient (Wildman–Crippen LogP) is 1.86. The van der Waals surface area contributed by atoms with Gasteiger partial charge in [0.05, 0.1) is 5.02 Å². The van der Waals surface area contributed by atoms with Gasteiger partial charge in [0.25, 0.3) is 0 Å². The van der Waals surface area contributed by atoms with E-state index in [1.807, 2.05) is 13.0 Å². The highest BCUT2D eigenvalue weighted by atomic mass is 35.5. The van der Waals surface area contributed by atoms with E-state index in [0.29, 0.717) is 11.6 Å². The number of phenols is 1. The molecule has 0 fully saturated rings. The van der Waals surface area contributed by atoms with Gasteiger partial charge in [0.15, 0.2) is 0 Å². The lowest BCUT2D eigenvalue weighted by atomic mass is 10.1. The highest BCUT2D eigenvalue weighted by Crippen LogP contribution is 2.28. The molecule has 1 aromatic carbocycles. The summed E-state index contributed by atoms with van der Waals surface area (Å²) in [6.45, 7) is 2.45. The first-order chi connectivity index (χ1) is 5.65. The zero-order chi connectivity index (χ0) is 9.14. The Balaban J connectivity index is 3.04. The molecule has 0 saturated heterocycles. The molecule has 1 rings (SSSR count). The summed E-state index contributed by atoms with van der Waals surface area (Å²) in [4.78, 5) is 0. The van der Waals surface area contributed by atoms with Crippen LogP contribution in [0.1, 0.15) is 11.1 Å². The molecular weight excluding hydrogens is 174 g/mol. The van der Waals surface area contributed by atoms with E-state index >= 15 is 0 Å². The van der Waals surface area contributed by atoms with Crippen LogP contribution in [0.3, 0.4) is 0 Å². The van der Waals surface area contributed by atoms with Gasteiger partial charge in [0, 0.05) is 0 Å². The lowest BCUT2D eigenvalue weighted by Gasteiger charge is -2.04. The molecule has 0 saturated carbocycles. The maximum atomic E-state index is 9.33. The number of benzene rings is 1. The molecule has 12 heavy (non-hydrogen) atoms. The SMILES string of the molecule is Cc1cc(CCN)cc(O)c1Cl. The van der Waals surface area contributed by atoms with Gasteiger partial charge in [-0.15, -0.1) is 0 Å². The minimum Gasteiger partial charge on any atom is -0.506 e. The second-order valence-corrected chi connectivity index (χ2v) is 3.16. The molecule has 0 amide bonds. The first-order valence-electron chi connectivity index (χ1n) is 3.83. The quantitative estimate of drug-likeness (QED) is 0.739. The summed E-state index contributed by atoms with van der Waals surface area (Å²) >= 11 is 5.77. The predicted molar refractivity (Wildman–Crippen MR) is 50.6 cm³/mol. The molecule has 0 heterocycles. The standard InChI is InChI=1S/C9H12ClNO/c1-6-4-7(2-3-11)5-8(12)9(6)10/h4-5,12H,2-3,11H2,1H3. The van der Waals surface area contributed by atoms with Crippen molar-refractivity contribution in [2.75, 3.05) is 6.54 Å². The van der Waals surface area contributed by atoms with Gasteiger partial charge in [-0.3, -0.25) is 0 Å². The number of hydrogen-bond acceptors (Lipinski definition) is 2. The monoisotopic (exact) mass is 185 g/mol. The normalized spacial score (nSPS) is 10.2. The average Bonchev–Trinajstić information content (AvgIpc) is 2.01. The molecule has 66 valence electrons. The lowest BCUT2D eigenvalue weighted by molar-refractivity contribution is 0.474. The highest BCUT2D eigenvalue weighted by molar-refractivity contribution is 6.32. The molecule has 3 N–H and O–H groups in total. The minimum atomic E-state index is 0.139. The van der Waals surface area contributed by atoms with Crippen molar-refractivity contribution < 1.29 is 5.11 Å². The van der Waals surface area contributed by atoms with Crippen molar-refractivity contribution in [1.29, 1.82) is 0 Å². The molecule has 0 aromatic heterocycles. The van der Waals surface area contributed by atoms with Gasteiger partial charge < -0.3 is 10.8 Å². The molecule has 3 heteroatoms. The fourth-order valence-corrected chi connectivity index (χ4v) is 1.24. The smallest absolute Gasteiger partial charge is 0.134 e. The first kappa shape index (κ1) is 9.36. The van der Waals surface area contributed by atoms with E-state index in [1.165, 1.54) is 0 Å². The minimum absolute atomic E-state index is 0.139. The first-order valence-corrected chi connectivity index (χ1v) is 4.21. The summed E-state index contributed by atoms with van der Waals surface area (Å²) in [5.74, 6) is 0.139. The van der Waals surface area contributed by atoms with Gasteiger partial charge in [0.1, 0.15) is 5.75 Å². The van der Waals surface area contributed by atoms with Crippen LogP contribution in [0.25, 0.3) is 0 Å². The van der Waals surface area contributed by atoms with E-state index in [-0.39, 0.29) is 5.75 Å². The molecule has 0 bridgehead atoms. The van der Waals surface area contributed by atoms with Gasteiger partial charge in [-0.05, 0) is 37.1 Å². The largest absolute Gasteiger partial charge is 0.506 e. The Morgan fingerprint density at radius 2 is 2.17 bits per heavy atom. The van der Waals surface area contributed by atoms with Crippen molar-refractivity contribution in [2.24, 2.45) is 5.73 Å². The Morgan fingerprint density at radius 3 is 2.67 bits per heavy atom. The third-order valence-electron chi connectivity index (χ3n) is 1.73. The number of nitrogens with two attached hydrogens (primary N) is 1. The number of hydrogen-bond donors (Lipinski definition) is 2. The maximum Gasteiger partial charge on any atom is 0.134 e. The number of halogens is 1. The van der Waals surface area contributed by atoms with E-state index < -0.39 is 0 Å². The van der Waals surface area contributed by atoms with Gasteiger partial charge in [-0.25, -0.2) is 0 Å². The van der Waals surface area contributed by atoms with Crippen LogP contribution in [-0.4, -0.2) is 11.7 Å². The number of phenolic OH excluding ortho intramolecular Hbond substituents is 1.